The first-order chi connectivity index (χ1) is 9.56. The summed E-state index contributed by atoms with van der Waals surface area (Å²) in [5, 5.41) is 10.7. The summed E-state index contributed by atoms with van der Waals surface area (Å²) in [6.07, 6.45) is 0.781. The van der Waals surface area contributed by atoms with Gasteiger partial charge in [-0.1, -0.05) is 24.3 Å². The molecule has 110 valence electrons. The van der Waals surface area contributed by atoms with Gasteiger partial charge in [0.1, 0.15) is 0 Å². The van der Waals surface area contributed by atoms with Crippen molar-refractivity contribution in [1.82, 2.24) is 0 Å². The van der Waals surface area contributed by atoms with Gasteiger partial charge in [-0.15, -0.1) is 0 Å². The zero-order valence-electron chi connectivity index (χ0n) is 11.6. The van der Waals surface area contributed by atoms with Crippen molar-refractivity contribution in [2.45, 2.75) is 25.7 Å². The van der Waals surface area contributed by atoms with E-state index in [-0.39, 0.29) is 19.6 Å². The monoisotopic (exact) mass is 280 g/mol. The van der Waals surface area contributed by atoms with Crippen molar-refractivity contribution in [3.63, 3.8) is 0 Å². The number of nitrogens with zero attached hydrogens (tertiary/aromatic N) is 1. The van der Waals surface area contributed by atoms with Crippen LogP contribution in [0.15, 0.2) is 24.3 Å². The van der Waals surface area contributed by atoms with Gasteiger partial charge in [-0.25, -0.2) is 0 Å². The van der Waals surface area contributed by atoms with Crippen molar-refractivity contribution in [3.8, 4) is 0 Å². The number of esters is 1. The molecular formula is C14H20N2O4. The minimum atomic E-state index is -0.462. The molecule has 0 fully saturated rings. The first kappa shape index (κ1) is 16.1. The third-order valence-electron chi connectivity index (χ3n) is 2.97. The van der Waals surface area contributed by atoms with E-state index in [2.05, 4.69) is 0 Å². The van der Waals surface area contributed by atoms with Crippen LogP contribution in [0.4, 0.5) is 0 Å². The van der Waals surface area contributed by atoms with Crippen LogP contribution in [0.25, 0.3) is 0 Å². The van der Waals surface area contributed by atoms with E-state index in [1.807, 2.05) is 24.3 Å². The maximum Gasteiger partial charge on any atom is 0.306 e. The molecule has 0 spiro atoms. The third kappa shape index (κ3) is 5.36. The van der Waals surface area contributed by atoms with Crippen molar-refractivity contribution in [2.75, 3.05) is 19.7 Å². The lowest BCUT2D eigenvalue weighted by atomic mass is 9.94. The number of hydrogen-bond acceptors (Lipinski definition) is 5. The molecule has 0 amide bonds. The van der Waals surface area contributed by atoms with Crippen molar-refractivity contribution < 1.29 is 14.5 Å². The van der Waals surface area contributed by atoms with Crippen LogP contribution in [-0.4, -0.2) is 30.6 Å². The van der Waals surface area contributed by atoms with Gasteiger partial charge in [0, 0.05) is 4.92 Å². The first-order valence-electron chi connectivity index (χ1n) is 6.63. The Bertz CT molecular complexity index is 445. The summed E-state index contributed by atoms with van der Waals surface area (Å²) in [5.74, 6) is -0.874. The van der Waals surface area contributed by atoms with E-state index < -0.39 is 16.8 Å². The fourth-order valence-electron chi connectivity index (χ4n) is 2.01. The molecule has 1 atom stereocenters. The summed E-state index contributed by atoms with van der Waals surface area (Å²) >= 11 is 0. The van der Waals surface area contributed by atoms with E-state index in [0.717, 1.165) is 17.5 Å². The van der Waals surface area contributed by atoms with Crippen LogP contribution in [0.5, 0.6) is 0 Å². The Labute approximate surface area is 118 Å². The van der Waals surface area contributed by atoms with Crippen LogP contribution in [0.1, 0.15) is 30.4 Å². The van der Waals surface area contributed by atoms with E-state index in [9.17, 15) is 14.9 Å². The highest BCUT2D eigenvalue weighted by molar-refractivity contribution is 5.70. The van der Waals surface area contributed by atoms with Crippen LogP contribution in [0.2, 0.25) is 0 Å². The summed E-state index contributed by atoms with van der Waals surface area (Å²) in [6, 6.07) is 7.41. The van der Waals surface area contributed by atoms with Gasteiger partial charge >= 0.3 is 5.97 Å². The standard InChI is InChI=1S/C14H20N2O4/c1-2-20-14(17)9-13(10-16(18)19)12-5-3-11(4-6-12)7-8-15/h3-6,13H,2,7-10,15H2,1H3. The molecule has 0 bridgehead atoms. The molecule has 0 aliphatic carbocycles. The number of ether oxygens (including phenoxy) is 1. The Morgan fingerprint density at radius 3 is 2.55 bits per heavy atom. The molecule has 2 N–H and O–H groups in total. The molecule has 0 saturated heterocycles. The number of carbonyl (C=O) groups excluding carboxylic acids is 1. The summed E-state index contributed by atoms with van der Waals surface area (Å²) in [5.41, 5.74) is 7.32. The van der Waals surface area contributed by atoms with Crippen LogP contribution in [-0.2, 0) is 16.0 Å². The molecule has 1 aromatic carbocycles. The summed E-state index contributed by atoms with van der Waals surface area (Å²) in [4.78, 5) is 21.8. The number of rotatable bonds is 8. The average molecular weight is 280 g/mol. The minimum absolute atomic E-state index is 0.0189. The molecule has 0 heterocycles. The molecule has 0 aromatic heterocycles. The molecule has 0 radical (unpaired) electrons. The first-order valence-corrected chi connectivity index (χ1v) is 6.63. The van der Waals surface area contributed by atoms with Crippen LogP contribution in [0.3, 0.4) is 0 Å². The van der Waals surface area contributed by atoms with E-state index >= 15 is 0 Å². The van der Waals surface area contributed by atoms with Gasteiger partial charge in [-0.2, -0.15) is 0 Å². The highest BCUT2D eigenvalue weighted by Crippen LogP contribution is 2.21. The molecule has 0 saturated carbocycles. The lowest BCUT2D eigenvalue weighted by Gasteiger charge is -2.13. The lowest BCUT2D eigenvalue weighted by molar-refractivity contribution is -0.483. The molecule has 0 aliphatic heterocycles. The number of carbonyl (C=O) groups is 1. The topological polar surface area (TPSA) is 95.5 Å². The highest BCUT2D eigenvalue weighted by Gasteiger charge is 2.22. The normalized spacial score (nSPS) is 11.9. The summed E-state index contributed by atoms with van der Waals surface area (Å²) in [6.45, 7) is 2.26. The van der Waals surface area contributed by atoms with Crippen molar-refractivity contribution >= 4 is 5.97 Å². The van der Waals surface area contributed by atoms with Gasteiger partial charge < -0.3 is 10.5 Å². The summed E-state index contributed by atoms with van der Waals surface area (Å²) in [7, 11) is 0. The molecule has 6 nitrogen and oxygen atoms in total. The molecule has 0 aliphatic rings. The molecule has 6 heteroatoms. The maximum absolute atomic E-state index is 11.5. The lowest BCUT2D eigenvalue weighted by Crippen LogP contribution is -2.18. The van der Waals surface area contributed by atoms with Crippen molar-refractivity contribution in [1.29, 1.82) is 0 Å². The Balaban J connectivity index is 2.80. The maximum atomic E-state index is 11.5. The van der Waals surface area contributed by atoms with E-state index in [0.29, 0.717) is 6.54 Å². The van der Waals surface area contributed by atoms with Crippen LogP contribution < -0.4 is 5.73 Å². The molecule has 20 heavy (non-hydrogen) atoms. The Hall–Kier alpha value is -1.95. The smallest absolute Gasteiger partial charge is 0.306 e. The molecule has 1 aromatic rings. The third-order valence-corrected chi connectivity index (χ3v) is 2.97. The molecular weight excluding hydrogens is 260 g/mol. The van der Waals surface area contributed by atoms with Crippen LogP contribution >= 0.6 is 0 Å². The largest absolute Gasteiger partial charge is 0.466 e. The van der Waals surface area contributed by atoms with Crippen molar-refractivity contribution in [3.05, 3.63) is 45.5 Å². The highest BCUT2D eigenvalue weighted by atomic mass is 16.6. The van der Waals surface area contributed by atoms with E-state index in [4.69, 9.17) is 10.5 Å². The fraction of sp³-hybridized carbons (Fsp3) is 0.500. The summed E-state index contributed by atoms with van der Waals surface area (Å²) < 4.78 is 4.86. The van der Waals surface area contributed by atoms with Gasteiger partial charge in [-0.05, 0) is 31.0 Å². The van der Waals surface area contributed by atoms with Gasteiger partial charge in [0.25, 0.3) is 0 Å². The number of nitrogens with two attached hydrogens (primary N) is 1. The van der Waals surface area contributed by atoms with E-state index in [1.165, 1.54) is 0 Å². The average Bonchev–Trinajstić information content (AvgIpc) is 2.39. The second kappa shape index (κ2) is 8.27. The zero-order chi connectivity index (χ0) is 15.0. The van der Waals surface area contributed by atoms with Gasteiger partial charge in [0.15, 0.2) is 0 Å². The van der Waals surface area contributed by atoms with Gasteiger partial charge in [0.2, 0.25) is 6.54 Å². The minimum Gasteiger partial charge on any atom is -0.466 e. The van der Waals surface area contributed by atoms with Crippen LogP contribution in [0, 0.1) is 10.1 Å². The Morgan fingerprint density at radius 1 is 1.40 bits per heavy atom. The predicted octanol–water partition coefficient (Wildman–Crippen LogP) is 1.50. The van der Waals surface area contributed by atoms with E-state index in [1.54, 1.807) is 6.92 Å². The molecule has 1 rings (SSSR count). The zero-order valence-corrected chi connectivity index (χ0v) is 11.6. The molecule has 1 unspecified atom stereocenters. The predicted molar refractivity (Wildman–Crippen MR) is 75.1 cm³/mol. The number of hydrogen-bond donors (Lipinski definition) is 1. The van der Waals surface area contributed by atoms with Crippen molar-refractivity contribution in [2.24, 2.45) is 5.73 Å². The quantitative estimate of drug-likeness (QED) is 0.442. The SMILES string of the molecule is CCOC(=O)CC(C[N+](=O)[O-])c1ccc(CCN)cc1. The van der Waals surface area contributed by atoms with Gasteiger partial charge in [0.05, 0.1) is 18.9 Å². The number of benzene rings is 1. The number of nitro groups is 1. The second-order valence-electron chi connectivity index (χ2n) is 4.50. The fourth-order valence-corrected chi connectivity index (χ4v) is 2.01. The Morgan fingerprint density at radius 2 is 2.05 bits per heavy atom. The van der Waals surface area contributed by atoms with Gasteiger partial charge in [-0.3, -0.25) is 14.9 Å². The Kier molecular flexibility index (Phi) is 6.66. The second-order valence-corrected chi connectivity index (χ2v) is 4.50.